The maximum absolute atomic E-state index is 12.5. The molecule has 5 heteroatoms. The molecule has 0 radical (unpaired) electrons. The second-order valence-electron chi connectivity index (χ2n) is 7.52. The van der Waals surface area contributed by atoms with E-state index in [-0.39, 0.29) is 10.8 Å². The Morgan fingerprint density at radius 2 is 2.05 bits per heavy atom. The molecule has 1 aliphatic carbocycles. The minimum absolute atomic E-state index is 0.203. The van der Waals surface area contributed by atoms with E-state index in [0.717, 1.165) is 44.1 Å². The van der Waals surface area contributed by atoms with E-state index in [4.69, 9.17) is 0 Å². The Balaban J connectivity index is 1.39. The topological polar surface area (TPSA) is 43.8 Å². The van der Waals surface area contributed by atoms with Crippen molar-refractivity contribution in [1.29, 1.82) is 0 Å². The molecule has 3 aliphatic heterocycles. The largest absolute Gasteiger partial charge is 0.396 e. The highest BCUT2D eigenvalue weighted by Crippen LogP contribution is 2.44. The molecule has 0 aromatic heterocycles. The number of carbonyl (C=O) groups excluding carboxylic acids is 1. The van der Waals surface area contributed by atoms with Gasteiger partial charge in [-0.1, -0.05) is 0 Å². The zero-order chi connectivity index (χ0) is 14.4. The Morgan fingerprint density at radius 3 is 2.67 bits per heavy atom. The molecular formula is C16H26N2O2S. The molecular weight excluding hydrogens is 284 g/mol. The molecule has 4 rings (SSSR count). The van der Waals surface area contributed by atoms with Gasteiger partial charge >= 0.3 is 0 Å². The number of aliphatic hydroxyl groups excluding tert-OH is 1. The summed E-state index contributed by atoms with van der Waals surface area (Å²) in [5.41, 5.74) is 0.203. The number of carbonyl (C=O) groups is 1. The van der Waals surface area contributed by atoms with Gasteiger partial charge in [0.2, 0.25) is 5.91 Å². The van der Waals surface area contributed by atoms with Gasteiger partial charge in [0.05, 0.1) is 10.8 Å². The number of nitrogens with zero attached hydrogens (tertiary/aromatic N) is 2. The highest BCUT2D eigenvalue weighted by molar-refractivity contribution is 8.00. The number of rotatable bonds is 4. The zero-order valence-electron chi connectivity index (χ0n) is 12.7. The van der Waals surface area contributed by atoms with Gasteiger partial charge in [0, 0.05) is 32.8 Å². The van der Waals surface area contributed by atoms with Gasteiger partial charge in [0.15, 0.2) is 0 Å². The smallest absolute Gasteiger partial charge is 0.235 e. The minimum Gasteiger partial charge on any atom is -0.396 e. The highest BCUT2D eigenvalue weighted by Gasteiger charge is 2.55. The van der Waals surface area contributed by atoms with Crippen molar-refractivity contribution in [3.63, 3.8) is 0 Å². The molecule has 0 aromatic rings. The Hall–Kier alpha value is -0.260. The van der Waals surface area contributed by atoms with Gasteiger partial charge in [0.25, 0.3) is 0 Å². The second kappa shape index (κ2) is 5.43. The first-order valence-electron chi connectivity index (χ1n) is 8.46. The first kappa shape index (κ1) is 14.3. The Kier molecular flexibility index (Phi) is 3.71. The molecule has 4 nitrogen and oxygen atoms in total. The van der Waals surface area contributed by atoms with E-state index in [0.29, 0.717) is 18.4 Å². The summed E-state index contributed by atoms with van der Waals surface area (Å²) in [4.78, 5) is 17.2. The molecule has 1 amide bonds. The van der Waals surface area contributed by atoms with E-state index in [1.165, 1.54) is 25.8 Å². The molecule has 118 valence electrons. The summed E-state index contributed by atoms with van der Waals surface area (Å²) in [5, 5.41) is 9.75. The van der Waals surface area contributed by atoms with Crippen LogP contribution in [0.5, 0.6) is 0 Å². The average Bonchev–Trinajstić information content (AvgIpc) is 2.98. The van der Waals surface area contributed by atoms with Crippen LogP contribution in [-0.2, 0) is 4.79 Å². The standard InChI is InChI=1S/C16H26N2O2S/c19-9-13-6-16(18(8-13)7-12-3-4-12)10-17(11-16)15(20)14-2-1-5-21-14/h12-14,19H,1-11H2/t13-,14+/m0/s1. The first-order valence-corrected chi connectivity index (χ1v) is 9.51. The van der Waals surface area contributed by atoms with Crippen molar-refractivity contribution >= 4 is 17.7 Å². The predicted molar refractivity (Wildman–Crippen MR) is 84.3 cm³/mol. The van der Waals surface area contributed by atoms with Crippen LogP contribution in [-0.4, -0.2) is 70.1 Å². The van der Waals surface area contributed by atoms with Crippen LogP contribution in [0, 0.1) is 11.8 Å². The quantitative estimate of drug-likeness (QED) is 0.847. The number of amides is 1. The van der Waals surface area contributed by atoms with Crippen molar-refractivity contribution in [3.05, 3.63) is 0 Å². The Labute approximate surface area is 131 Å². The second-order valence-corrected chi connectivity index (χ2v) is 8.83. The summed E-state index contributed by atoms with van der Waals surface area (Å²) >= 11 is 1.84. The highest BCUT2D eigenvalue weighted by atomic mass is 32.2. The summed E-state index contributed by atoms with van der Waals surface area (Å²) in [7, 11) is 0. The fraction of sp³-hybridized carbons (Fsp3) is 0.938. The van der Waals surface area contributed by atoms with E-state index in [1.54, 1.807) is 0 Å². The molecule has 1 N–H and O–H groups in total. The maximum Gasteiger partial charge on any atom is 0.235 e. The average molecular weight is 310 g/mol. The van der Waals surface area contributed by atoms with Crippen LogP contribution >= 0.6 is 11.8 Å². The van der Waals surface area contributed by atoms with Crippen molar-refractivity contribution in [3.8, 4) is 0 Å². The molecule has 0 unspecified atom stereocenters. The summed E-state index contributed by atoms with van der Waals surface area (Å²) in [6, 6.07) is 0. The molecule has 0 aromatic carbocycles. The van der Waals surface area contributed by atoms with Gasteiger partial charge < -0.3 is 10.0 Å². The molecule has 1 spiro atoms. The molecule has 1 saturated carbocycles. The third kappa shape index (κ3) is 2.62. The van der Waals surface area contributed by atoms with Crippen LogP contribution in [0.2, 0.25) is 0 Å². The molecule has 4 fully saturated rings. The number of hydrogen-bond donors (Lipinski definition) is 1. The van der Waals surface area contributed by atoms with Gasteiger partial charge in [-0.2, -0.15) is 0 Å². The van der Waals surface area contributed by atoms with E-state index >= 15 is 0 Å². The number of aliphatic hydroxyl groups is 1. The lowest BCUT2D eigenvalue weighted by Crippen LogP contribution is -2.70. The van der Waals surface area contributed by atoms with Gasteiger partial charge in [-0.25, -0.2) is 0 Å². The summed E-state index contributed by atoms with van der Waals surface area (Å²) < 4.78 is 0. The van der Waals surface area contributed by atoms with Crippen LogP contribution in [0.3, 0.4) is 0 Å². The van der Waals surface area contributed by atoms with Gasteiger partial charge in [-0.05, 0) is 49.7 Å². The van der Waals surface area contributed by atoms with E-state index in [1.807, 2.05) is 11.8 Å². The van der Waals surface area contributed by atoms with Crippen molar-refractivity contribution in [1.82, 2.24) is 9.80 Å². The molecule has 4 aliphatic rings. The Bertz CT molecular complexity index is 415. The van der Waals surface area contributed by atoms with Crippen molar-refractivity contribution < 1.29 is 9.90 Å². The lowest BCUT2D eigenvalue weighted by atomic mass is 9.84. The monoisotopic (exact) mass is 310 g/mol. The SMILES string of the molecule is O=C([C@H]1CCCS1)N1CC2(C[C@H](CO)CN2CC2CC2)C1. The van der Waals surface area contributed by atoms with Crippen LogP contribution in [0.1, 0.15) is 32.1 Å². The lowest BCUT2D eigenvalue weighted by Gasteiger charge is -2.53. The lowest BCUT2D eigenvalue weighted by molar-refractivity contribution is -0.143. The first-order chi connectivity index (χ1) is 10.2. The van der Waals surface area contributed by atoms with Crippen molar-refractivity contribution in [2.45, 2.75) is 42.9 Å². The van der Waals surface area contributed by atoms with Crippen LogP contribution in [0.25, 0.3) is 0 Å². The number of likely N-dealkylation sites (tertiary alicyclic amines) is 2. The minimum atomic E-state index is 0.203. The van der Waals surface area contributed by atoms with Crippen molar-refractivity contribution in [2.24, 2.45) is 11.8 Å². The number of hydrogen-bond acceptors (Lipinski definition) is 4. The van der Waals surface area contributed by atoms with Gasteiger partial charge in [-0.3, -0.25) is 9.69 Å². The van der Waals surface area contributed by atoms with E-state index in [2.05, 4.69) is 9.80 Å². The Morgan fingerprint density at radius 1 is 1.24 bits per heavy atom. The summed E-state index contributed by atoms with van der Waals surface area (Å²) in [5.74, 6) is 2.83. The molecule has 0 bridgehead atoms. The zero-order valence-corrected chi connectivity index (χ0v) is 13.5. The van der Waals surface area contributed by atoms with Gasteiger partial charge in [0.1, 0.15) is 0 Å². The van der Waals surface area contributed by atoms with E-state index in [9.17, 15) is 9.90 Å². The molecule has 3 saturated heterocycles. The third-order valence-corrected chi connectivity index (χ3v) is 7.10. The summed E-state index contributed by atoms with van der Waals surface area (Å²) in [6.07, 6.45) is 6.09. The van der Waals surface area contributed by atoms with Crippen LogP contribution in [0.4, 0.5) is 0 Å². The fourth-order valence-electron chi connectivity index (χ4n) is 4.36. The third-order valence-electron chi connectivity index (χ3n) is 5.74. The predicted octanol–water partition coefficient (Wildman–Crippen LogP) is 1.19. The normalized spacial score (nSPS) is 35.4. The van der Waals surface area contributed by atoms with Crippen LogP contribution in [0.15, 0.2) is 0 Å². The summed E-state index contributed by atoms with van der Waals surface area (Å²) in [6.45, 7) is 4.34. The maximum atomic E-state index is 12.5. The van der Waals surface area contributed by atoms with Gasteiger partial charge in [-0.15, -0.1) is 11.8 Å². The van der Waals surface area contributed by atoms with Crippen molar-refractivity contribution in [2.75, 3.05) is 38.5 Å². The number of thioether (sulfide) groups is 1. The molecule has 3 heterocycles. The van der Waals surface area contributed by atoms with E-state index < -0.39 is 0 Å². The molecule has 21 heavy (non-hydrogen) atoms. The molecule has 2 atom stereocenters. The fourth-order valence-corrected chi connectivity index (χ4v) is 5.61. The van der Waals surface area contributed by atoms with Crippen LogP contribution < -0.4 is 0 Å².